The van der Waals surface area contributed by atoms with Crippen molar-refractivity contribution < 1.29 is 23.9 Å². The molecular weight excluding hydrogens is 532 g/mol. The van der Waals surface area contributed by atoms with Crippen LogP contribution in [0.1, 0.15) is 82.1 Å². The second kappa shape index (κ2) is 13.3. The zero-order valence-corrected chi connectivity index (χ0v) is 23.8. The Morgan fingerprint density at radius 2 is 1.57 bits per heavy atom. The fourth-order valence-electron chi connectivity index (χ4n) is 4.85. The van der Waals surface area contributed by atoms with Crippen LogP contribution in [0.2, 0.25) is 0 Å². The van der Waals surface area contributed by atoms with Gasteiger partial charge in [0, 0.05) is 41.5 Å². The lowest BCUT2D eigenvalue weighted by atomic mass is 10.1. The van der Waals surface area contributed by atoms with Gasteiger partial charge < -0.3 is 25.6 Å². The number of rotatable bonds is 12. The van der Waals surface area contributed by atoms with Gasteiger partial charge in [0.25, 0.3) is 23.6 Å². The number of ether oxygens (including phenoxy) is 1. The molecule has 9 nitrogen and oxygen atoms in total. The average molecular weight is 569 g/mol. The van der Waals surface area contributed by atoms with Gasteiger partial charge in [0.05, 0.1) is 5.69 Å². The second-order valence-electron chi connectivity index (χ2n) is 10.8. The van der Waals surface area contributed by atoms with Crippen LogP contribution in [-0.4, -0.2) is 47.7 Å². The van der Waals surface area contributed by atoms with Gasteiger partial charge in [0.1, 0.15) is 5.75 Å². The molecule has 0 spiro atoms. The highest BCUT2D eigenvalue weighted by Crippen LogP contribution is 2.33. The Morgan fingerprint density at radius 3 is 2.29 bits per heavy atom. The van der Waals surface area contributed by atoms with Crippen molar-refractivity contribution in [2.24, 2.45) is 0 Å². The zero-order valence-electron chi connectivity index (χ0n) is 23.8. The largest absolute Gasteiger partial charge is 0.482 e. The highest BCUT2D eigenvalue weighted by atomic mass is 16.5. The number of nitrogens with one attached hydrogen (secondary N) is 3. The molecule has 0 radical (unpaired) electrons. The summed E-state index contributed by atoms with van der Waals surface area (Å²) in [6, 6.07) is 19.3. The van der Waals surface area contributed by atoms with E-state index in [1.807, 2.05) is 17.0 Å². The molecular formula is C33H36N4O5. The van der Waals surface area contributed by atoms with E-state index in [2.05, 4.69) is 22.9 Å². The molecule has 2 aliphatic rings. The summed E-state index contributed by atoms with van der Waals surface area (Å²) in [5, 5.41) is 8.55. The third-order valence-corrected chi connectivity index (χ3v) is 7.40. The molecule has 1 fully saturated rings. The van der Waals surface area contributed by atoms with E-state index < -0.39 is 0 Å². The highest BCUT2D eigenvalue weighted by Gasteiger charge is 2.33. The average Bonchev–Trinajstić information content (AvgIpc) is 3.85. The molecule has 218 valence electrons. The van der Waals surface area contributed by atoms with Gasteiger partial charge in [0.15, 0.2) is 6.61 Å². The standard InChI is InChI=1S/C33H36N4O5/c1-2-3-4-5-18-34-31(39)23-10-13-26(14-11-23)35-32(40)24-8-6-22(7-9-24)20-37(27-15-16-27)33(41)25-12-17-28-29(19-25)42-21-30(38)36-28/h6-14,17,19,27H,2-5,15-16,18,20-21H2,1H3,(H,34,39)(H,35,40)(H,36,38). The SMILES string of the molecule is CCCCCCNC(=O)c1ccc(NC(=O)c2ccc(CN(C(=O)c3ccc4c(c3)OCC(=O)N4)C3CC3)cc2)cc1. The highest BCUT2D eigenvalue weighted by molar-refractivity contribution is 6.04. The molecule has 0 saturated heterocycles. The summed E-state index contributed by atoms with van der Waals surface area (Å²) in [6.07, 6.45) is 6.29. The molecule has 3 aromatic carbocycles. The van der Waals surface area contributed by atoms with Gasteiger partial charge in [-0.3, -0.25) is 19.2 Å². The zero-order chi connectivity index (χ0) is 29.5. The van der Waals surface area contributed by atoms with Gasteiger partial charge in [0.2, 0.25) is 0 Å². The Hall–Kier alpha value is -4.66. The Kier molecular flexibility index (Phi) is 9.16. The minimum atomic E-state index is -0.258. The Labute approximate surface area is 245 Å². The number of nitrogens with zero attached hydrogens (tertiary/aromatic N) is 1. The lowest BCUT2D eigenvalue weighted by molar-refractivity contribution is -0.118. The summed E-state index contributed by atoms with van der Waals surface area (Å²) in [6.45, 7) is 3.16. The van der Waals surface area contributed by atoms with E-state index >= 15 is 0 Å². The number of amides is 4. The number of hydrogen-bond acceptors (Lipinski definition) is 5. The maximum Gasteiger partial charge on any atom is 0.262 e. The van der Waals surface area contributed by atoms with Crippen molar-refractivity contribution in [2.45, 2.75) is 58.0 Å². The summed E-state index contributed by atoms with van der Waals surface area (Å²) >= 11 is 0. The van der Waals surface area contributed by atoms with E-state index in [4.69, 9.17) is 4.74 Å². The summed E-state index contributed by atoms with van der Waals surface area (Å²) in [4.78, 5) is 52.0. The van der Waals surface area contributed by atoms with Crippen molar-refractivity contribution in [3.05, 3.63) is 89.0 Å². The number of hydrogen-bond donors (Lipinski definition) is 3. The number of fused-ring (bicyclic) bond motifs is 1. The van der Waals surface area contributed by atoms with Crippen molar-refractivity contribution >= 4 is 35.0 Å². The van der Waals surface area contributed by atoms with Crippen molar-refractivity contribution in [3.63, 3.8) is 0 Å². The fourth-order valence-corrected chi connectivity index (χ4v) is 4.85. The lowest BCUT2D eigenvalue weighted by Gasteiger charge is -2.24. The van der Waals surface area contributed by atoms with Gasteiger partial charge in [-0.25, -0.2) is 0 Å². The van der Waals surface area contributed by atoms with Gasteiger partial charge >= 0.3 is 0 Å². The van der Waals surface area contributed by atoms with E-state index in [0.717, 1.165) is 37.7 Å². The van der Waals surface area contributed by atoms with Crippen molar-refractivity contribution in [1.82, 2.24) is 10.2 Å². The van der Waals surface area contributed by atoms with E-state index in [9.17, 15) is 19.2 Å². The Balaban J connectivity index is 1.16. The van der Waals surface area contributed by atoms with Crippen LogP contribution in [0.3, 0.4) is 0 Å². The van der Waals surface area contributed by atoms with E-state index in [1.54, 1.807) is 54.6 Å². The molecule has 1 aliphatic carbocycles. The molecule has 5 rings (SSSR count). The monoisotopic (exact) mass is 568 g/mol. The molecule has 3 aromatic rings. The van der Waals surface area contributed by atoms with E-state index in [1.165, 1.54) is 6.42 Å². The van der Waals surface area contributed by atoms with Crippen LogP contribution in [0, 0.1) is 0 Å². The molecule has 0 bridgehead atoms. The van der Waals surface area contributed by atoms with E-state index in [0.29, 0.717) is 46.9 Å². The number of unbranched alkanes of at least 4 members (excludes halogenated alkanes) is 3. The first-order chi connectivity index (χ1) is 20.4. The van der Waals surface area contributed by atoms with Crippen LogP contribution >= 0.6 is 0 Å². The predicted octanol–water partition coefficient (Wildman–Crippen LogP) is 5.38. The Morgan fingerprint density at radius 1 is 0.881 bits per heavy atom. The summed E-state index contributed by atoms with van der Waals surface area (Å²) in [5.74, 6) is -0.208. The van der Waals surface area contributed by atoms with Gasteiger partial charge in [-0.15, -0.1) is 0 Å². The van der Waals surface area contributed by atoms with Crippen LogP contribution in [0.25, 0.3) is 0 Å². The lowest BCUT2D eigenvalue weighted by Crippen LogP contribution is -2.33. The van der Waals surface area contributed by atoms with Crippen LogP contribution in [0.5, 0.6) is 5.75 Å². The summed E-state index contributed by atoms with van der Waals surface area (Å²) < 4.78 is 5.48. The fraction of sp³-hybridized carbons (Fsp3) is 0.333. The smallest absolute Gasteiger partial charge is 0.262 e. The molecule has 1 aliphatic heterocycles. The third-order valence-electron chi connectivity index (χ3n) is 7.40. The number of anilines is 2. The first-order valence-electron chi connectivity index (χ1n) is 14.6. The first-order valence-corrected chi connectivity index (χ1v) is 14.6. The summed E-state index contributed by atoms with van der Waals surface area (Å²) in [7, 11) is 0. The minimum absolute atomic E-state index is 0.0708. The maximum absolute atomic E-state index is 13.4. The number of benzene rings is 3. The molecule has 0 atom stereocenters. The second-order valence-corrected chi connectivity index (χ2v) is 10.8. The normalized spacial score (nSPS) is 13.8. The maximum atomic E-state index is 13.4. The molecule has 42 heavy (non-hydrogen) atoms. The third kappa shape index (κ3) is 7.34. The number of carbonyl (C=O) groups excluding carboxylic acids is 4. The van der Waals surface area contributed by atoms with Crippen LogP contribution in [0.4, 0.5) is 11.4 Å². The van der Waals surface area contributed by atoms with Gasteiger partial charge in [-0.1, -0.05) is 38.3 Å². The molecule has 4 amide bonds. The van der Waals surface area contributed by atoms with Crippen molar-refractivity contribution in [3.8, 4) is 5.75 Å². The van der Waals surface area contributed by atoms with Crippen LogP contribution in [-0.2, 0) is 11.3 Å². The molecule has 9 heteroatoms. The molecule has 1 heterocycles. The van der Waals surface area contributed by atoms with Crippen molar-refractivity contribution in [1.29, 1.82) is 0 Å². The number of carbonyl (C=O) groups is 4. The van der Waals surface area contributed by atoms with Gasteiger partial charge in [-0.05, 0) is 79.4 Å². The van der Waals surface area contributed by atoms with E-state index in [-0.39, 0.29) is 36.3 Å². The summed E-state index contributed by atoms with van der Waals surface area (Å²) in [5.41, 5.74) is 3.62. The topological polar surface area (TPSA) is 117 Å². The van der Waals surface area contributed by atoms with Crippen LogP contribution < -0.4 is 20.7 Å². The van der Waals surface area contributed by atoms with Gasteiger partial charge in [-0.2, -0.15) is 0 Å². The minimum Gasteiger partial charge on any atom is -0.482 e. The van der Waals surface area contributed by atoms with Crippen molar-refractivity contribution in [2.75, 3.05) is 23.8 Å². The molecule has 0 aromatic heterocycles. The molecule has 0 unspecified atom stereocenters. The predicted molar refractivity (Wildman–Crippen MR) is 161 cm³/mol. The van der Waals surface area contributed by atoms with Crippen LogP contribution in [0.15, 0.2) is 66.7 Å². The quantitative estimate of drug-likeness (QED) is 0.254. The Bertz CT molecular complexity index is 1450. The molecule has 3 N–H and O–H groups in total. The first kappa shape index (κ1) is 28.9. The molecule has 1 saturated carbocycles.